The third kappa shape index (κ3) is 5.08. The summed E-state index contributed by atoms with van der Waals surface area (Å²) in [4.78, 5) is 20.0. The van der Waals surface area contributed by atoms with Crippen molar-refractivity contribution < 1.29 is 19.1 Å². The van der Waals surface area contributed by atoms with Crippen LogP contribution in [-0.4, -0.2) is 65.2 Å². The molecule has 1 saturated heterocycles. The SMILES string of the molecule is CCN(CC(=O)O)C1CCN(Cc2coc(-c3ccc(OC)cc3)n2)CC1. The van der Waals surface area contributed by atoms with Crippen LogP contribution in [0, 0.1) is 0 Å². The second-order valence-corrected chi connectivity index (χ2v) is 6.84. The van der Waals surface area contributed by atoms with Crippen LogP contribution in [0.25, 0.3) is 11.5 Å². The number of benzene rings is 1. The van der Waals surface area contributed by atoms with Gasteiger partial charge in [-0.25, -0.2) is 4.98 Å². The smallest absolute Gasteiger partial charge is 0.317 e. The summed E-state index contributed by atoms with van der Waals surface area (Å²) in [6.45, 7) is 5.53. The molecule has 0 unspecified atom stereocenters. The van der Waals surface area contributed by atoms with Gasteiger partial charge in [-0.15, -0.1) is 0 Å². The first-order valence-electron chi connectivity index (χ1n) is 9.36. The number of hydrogen-bond donors (Lipinski definition) is 1. The van der Waals surface area contributed by atoms with E-state index in [0.29, 0.717) is 11.9 Å². The Labute approximate surface area is 159 Å². The van der Waals surface area contributed by atoms with Gasteiger partial charge in [0.1, 0.15) is 12.0 Å². The summed E-state index contributed by atoms with van der Waals surface area (Å²) in [5, 5.41) is 9.04. The molecule has 0 bridgehead atoms. The van der Waals surface area contributed by atoms with E-state index < -0.39 is 5.97 Å². The van der Waals surface area contributed by atoms with E-state index in [0.717, 1.165) is 56.0 Å². The zero-order valence-electron chi connectivity index (χ0n) is 15.9. The van der Waals surface area contributed by atoms with E-state index in [9.17, 15) is 4.79 Å². The molecule has 0 spiro atoms. The molecule has 1 N–H and O–H groups in total. The molecule has 27 heavy (non-hydrogen) atoms. The van der Waals surface area contributed by atoms with Crippen molar-refractivity contribution in [2.24, 2.45) is 0 Å². The summed E-state index contributed by atoms with van der Waals surface area (Å²) in [6.07, 6.45) is 3.67. The largest absolute Gasteiger partial charge is 0.497 e. The number of carboxylic acid groups (broad SMARTS) is 1. The Hall–Kier alpha value is -2.38. The fourth-order valence-corrected chi connectivity index (χ4v) is 3.59. The highest BCUT2D eigenvalue weighted by Gasteiger charge is 2.25. The lowest BCUT2D eigenvalue weighted by molar-refractivity contribution is -0.139. The molecule has 7 heteroatoms. The molecule has 1 aromatic heterocycles. The van der Waals surface area contributed by atoms with Crippen LogP contribution in [-0.2, 0) is 11.3 Å². The maximum Gasteiger partial charge on any atom is 0.317 e. The average Bonchev–Trinajstić information content (AvgIpc) is 3.15. The molecule has 0 atom stereocenters. The average molecular weight is 373 g/mol. The molecule has 1 aromatic carbocycles. The van der Waals surface area contributed by atoms with Crippen LogP contribution in [0.1, 0.15) is 25.5 Å². The van der Waals surface area contributed by atoms with Crippen molar-refractivity contribution in [3.63, 3.8) is 0 Å². The number of oxazole rings is 1. The number of hydrogen-bond acceptors (Lipinski definition) is 6. The highest BCUT2D eigenvalue weighted by atomic mass is 16.5. The number of likely N-dealkylation sites (N-methyl/N-ethyl adjacent to an activating group) is 1. The minimum absolute atomic E-state index is 0.121. The molecular weight excluding hydrogens is 346 g/mol. The first-order valence-corrected chi connectivity index (χ1v) is 9.36. The van der Waals surface area contributed by atoms with Crippen LogP contribution in [0.3, 0.4) is 0 Å². The Bertz CT molecular complexity index is 736. The summed E-state index contributed by atoms with van der Waals surface area (Å²) in [5.74, 6) is 0.659. The Morgan fingerprint density at radius 2 is 2.04 bits per heavy atom. The number of likely N-dealkylation sites (tertiary alicyclic amines) is 1. The van der Waals surface area contributed by atoms with Crippen LogP contribution in [0.5, 0.6) is 5.75 Å². The number of carbonyl (C=O) groups is 1. The van der Waals surface area contributed by atoms with Gasteiger partial charge < -0.3 is 14.3 Å². The number of nitrogens with zero attached hydrogens (tertiary/aromatic N) is 3. The summed E-state index contributed by atoms with van der Waals surface area (Å²) >= 11 is 0. The van der Waals surface area contributed by atoms with E-state index in [2.05, 4.69) is 14.8 Å². The van der Waals surface area contributed by atoms with E-state index >= 15 is 0 Å². The minimum atomic E-state index is -0.757. The summed E-state index contributed by atoms with van der Waals surface area (Å²) < 4.78 is 10.8. The lowest BCUT2D eigenvalue weighted by atomic mass is 10.0. The Balaban J connectivity index is 1.53. The monoisotopic (exact) mass is 373 g/mol. The predicted octanol–water partition coefficient (Wildman–Crippen LogP) is 2.72. The fraction of sp³-hybridized carbons (Fsp3) is 0.500. The van der Waals surface area contributed by atoms with Crippen molar-refractivity contribution in [1.82, 2.24) is 14.8 Å². The Morgan fingerprint density at radius 3 is 2.63 bits per heavy atom. The van der Waals surface area contributed by atoms with E-state index in [1.54, 1.807) is 13.4 Å². The number of methoxy groups -OCH3 is 1. The number of carboxylic acids is 1. The highest BCUT2D eigenvalue weighted by molar-refractivity contribution is 5.69. The summed E-state index contributed by atoms with van der Waals surface area (Å²) in [5.41, 5.74) is 1.84. The van der Waals surface area contributed by atoms with Gasteiger partial charge in [0, 0.05) is 31.2 Å². The molecule has 0 amide bonds. The van der Waals surface area contributed by atoms with Crippen LogP contribution in [0.15, 0.2) is 34.9 Å². The number of aromatic nitrogens is 1. The molecule has 2 heterocycles. The van der Waals surface area contributed by atoms with Crippen molar-refractivity contribution in [2.75, 3.05) is 33.3 Å². The standard InChI is InChI=1S/C20H27N3O4/c1-3-23(13-19(24)25)17-8-10-22(11-9-17)12-16-14-27-20(21-16)15-4-6-18(26-2)7-5-15/h4-7,14,17H,3,8-13H2,1-2H3,(H,24,25). The normalized spacial score (nSPS) is 16.0. The number of piperidine rings is 1. The maximum atomic E-state index is 11.0. The molecule has 1 aliphatic rings. The van der Waals surface area contributed by atoms with Gasteiger partial charge in [0.2, 0.25) is 5.89 Å². The molecule has 0 saturated carbocycles. The van der Waals surface area contributed by atoms with Crippen molar-refractivity contribution in [3.8, 4) is 17.2 Å². The second-order valence-electron chi connectivity index (χ2n) is 6.84. The summed E-state index contributed by atoms with van der Waals surface area (Å²) in [6, 6.07) is 7.99. The van der Waals surface area contributed by atoms with Crippen molar-refractivity contribution in [2.45, 2.75) is 32.4 Å². The van der Waals surface area contributed by atoms with E-state index in [-0.39, 0.29) is 6.54 Å². The Kier molecular flexibility index (Phi) is 6.47. The summed E-state index contributed by atoms with van der Waals surface area (Å²) in [7, 11) is 1.64. The van der Waals surface area contributed by atoms with E-state index in [1.165, 1.54) is 0 Å². The topological polar surface area (TPSA) is 79.0 Å². The van der Waals surface area contributed by atoms with Gasteiger partial charge in [0.05, 0.1) is 19.3 Å². The molecular formula is C20H27N3O4. The molecule has 0 aliphatic carbocycles. The van der Waals surface area contributed by atoms with Crippen LogP contribution in [0.4, 0.5) is 0 Å². The third-order valence-corrected chi connectivity index (χ3v) is 5.09. The molecule has 0 radical (unpaired) electrons. The molecule has 3 rings (SSSR count). The number of ether oxygens (including phenoxy) is 1. The fourth-order valence-electron chi connectivity index (χ4n) is 3.59. The second kappa shape index (κ2) is 9.01. The zero-order valence-corrected chi connectivity index (χ0v) is 15.9. The molecule has 1 aliphatic heterocycles. The van der Waals surface area contributed by atoms with E-state index in [4.69, 9.17) is 14.3 Å². The molecule has 2 aromatic rings. The van der Waals surface area contributed by atoms with Crippen molar-refractivity contribution >= 4 is 5.97 Å². The maximum absolute atomic E-state index is 11.0. The lowest BCUT2D eigenvalue weighted by Crippen LogP contribution is -2.46. The first-order chi connectivity index (χ1) is 13.1. The van der Waals surface area contributed by atoms with Crippen molar-refractivity contribution in [1.29, 1.82) is 0 Å². The number of rotatable bonds is 8. The predicted molar refractivity (Wildman–Crippen MR) is 102 cm³/mol. The van der Waals surface area contributed by atoms with Gasteiger partial charge in [0.25, 0.3) is 0 Å². The zero-order chi connectivity index (χ0) is 19.2. The number of aliphatic carboxylic acids is 1. The lowest BCUT2D eigenvalue weighted by Gasteiger charge is -2.37. The molecule has 1 fully saturated rings. The van der Waals surface area contributed by atoms with Gasteiger partial charge in [-0.3, -0.25) is 14.6 Å². The minimum Gasteiger partial charge on any atom is -0.497 e. The van der Waals surface area contributed by atoms with Crippen LogP contribution >= 0.6 is 0 Å². The van der Waals surface area contributed by atoms with Gasteiger partial charge in [-0.1, -0.05) is 6.92 Å². The van der Waals surface area contributed by atoms with Crippen LogP contribution in [0.2, 0.25) is 0 Å². The van der Waals surface area contributed by atoms with Gasteiger partial charge >= 0.3 is 5.97 Å². The molecule has 146 valence electrons. The van der Waals surface area contributed by atoms with Gasteiger partial charge in [0.15, 0.2) is 0 Å². The molecule has 7 nitrogen and oxygen atoms in total. The third-order valence-electron chi connectivity index (χ3n) is 5.09. The quantitative estimate of drug-likeness (QED) is 0.762. The van der Waals surface area contributed by atoms with Gasteiger partial charge in [-0.2, -0.15) is 0 Å². The van der Waals surface area contributed by atoms with Crippen molar-refractivity contribution in [3.05, 3.63) is 36.2 Å². The van der Waals surface area contributed by atoms with Gasteiger partial charge in [-0.05, 0) is 43.7 Å². The highest BCUT2D eigenvalue weighted by Crippen LogP contribution is 2.23. The first kappa shape index (κ1) is 19.4. The van der Waals surface area contributed by atoms with E-state index in [1.807, 2.05) is 31.2 Å². The Morgan fingerprint density at radius 1 is 1.33 bits per heavy atom. The van der Waals surface area contributed by atoms with Crippen LogP contribution < -0.4 is 4.74 Å².